The number of anilines is 1. The van der Waals surface area contributed by atoms with E-state index in [1.807, 2.05) is 12.1 Å². The van der Waals surface area contributed by atoms with Crippen molar-refractivity contribution in [1.29, 1.82) is 0 Å². The summed E-state index contributed by atoms with van der Waals surface area (Å²) >= 11 is 0. The average molecular weight is 470 g/mol. The summed E-state index contributed by atoms with van der Waals surface area (Å²) in [4.78, 5) is 17.1. The van der Waals surface area contributed by atoms with Crippen molar-refractivity contribution in [3.05, 3.63) is 76.8 Å². The van der Waals surface area contributed by atoms with Gasteiger partial charge in [-0.25, -0.2) is 4.68 Å². The third-order valence-corrected chi connectivity index (χ3v) is 6.17. The molecular formula is C24H21F3N4O3. The van der Waals surface area contributed by atoms with Gasteiger partial charge in [0.15, 0.2) is 17.3 Å². The van der Waals surface area contributed by atoms with E-state index in [1.165, 1.54) is 7.11 Å². The molecule has 2 aromatic carbocycles. The molecule has 1 aromatic heterocycles. The summed E-state index contributed by atoms with van der Waals surface area (Å²) in [5.74, 6) is -0.523. The molecule has 34 heavy (non-hydrogen) atoms. The molecule has 0 spiro atoms. The van der Waals surface area contributed by atoms with Gasteiger partial charge in [0.05, 0.1) is 14.2 Å². The van der Waals surface area contributed by atoms with Crippen LogP contribution in [0.2, 0.25) is 0 Å². The normalized spacial score (nSPS) is 19.9. The standard InChI is InChI=1S/C24H21F3N4O3/c1-33-18-9-8-14(12-19(18)34-2)15-10-16-20(17(32)11-15)21(13-6-4-3-5-7-13)31-23(28-16)29-22(30-31)24(25,26)27/h3-9,12,15,21H,10-11H2,1-2H3,(H,28,29,30)/t15-,21-/m0/s1. The van der Waals surface area contributed by atoms with E-state index in [0.29, 0.717) is 34.8 Å². The van der Waals surface area contributed by atoms with E-state index in [0.717, 1.165) is 10.2 Å². The summed E-state index contributed by atoms with van der Waals surface area (Å²) in [7, 11) is 3.08. The molecule has 0 unspecified atom stereocenters. The number of Topliss-reactive ketones (excluding diaryl/α,β-unsaturated/α-hetero) is 1. The number of allylic oxidation sites excluding steroid dienone is 2. The molecule has 2 heterocycles. The van der Waals surface area contributed by atoms with Crippen molar-refractivity contribution >= 4 is 11.7 Å². The Morgan fingerprint density at radius 3 is 2.41 bits per heavy atom. The molecule has 1 aliphatic carbocycles. The largest absolute Gasteiger partial charge is 0.493 e. The zero-order valence-corrected chi connectivity index (χ0v) is 18.4. The highest BCUT2D eigenvalue weighted by molar-refractivity contribution is 6.00. The number of ether oxygens (including phenoxy) is 2. The lowest BCUT2D eigenvalue weighted by molar-refractivity contribution is -0.145. The number of hydrogen-bond acceptors (Lipinski definition) is 6. The number of aromatic nitrogens is 3. The fourth-order valence-corrected chi connectivity index (χ4v) is 4.62. The predicted octanol–water partition coefficient (Wildman–Crippen LogP) is 4.73. The van der Waals surface area contributed by atoms with Crippen LogP contribution in [0.25, 0.3) is 0 Å². The van der Waals surface area contributed by atoms with E-state index < -0.39 is 18.0 Å². The van der Waals surface area contributed by atoms with Crippen molar-refractivity contribution in [2.45, 2.75) is 31.0 Å². The Hall–Kier alpha value is -3.82. The van der Waals surface area contributed by atoms with Gasteiger partial charge in [-0.15, -0.1) is 5.10 Å². The van der Waals surface area contributed by atoms with Crippen LogP contribution in [0.1, 0.15) is 41.8 Å². The summed E-state index contributed by atoms with van der Waals surface area (Å²) in [6.45, 7) is 0. The monoisotopic (exact) mass is 470 g/mol. The van der Waals surface area contributed by atoms with Gasteiger partial charge in [-0.05, 0) is 35.6 Å². The second-order valence-electron chi connectivity index (χ2n) is 8.17. The highest BCUT2D eigenvalue weighted by Crippen LogP contribution is 2.45. The Kier molecular flexibility index (Phi) is 5.30. The first-order chi connectivity index (χ1) is 16.3. The fraction of sp³-hybridized carbons (Fsp3) is 0.292. The lowest BCUT2D eigenvalue weighted by Crippen LogP contribution is -2.33. The number of rotatable bonds is 4. The van der Waals surface area contributed by atoms with Crippen LogP contribution in [0, 0.1) is 0 Å². The lowest BCUT2D eigenvalue weighted by Gasteiger charge is -2.35. The number of hydrogen-bond donors (Lipinski definition) is 1. The van der Waals surface area contributed by atoms with Crippen molar-refractivity contribution in [3.8, 4) is 11.5 Å². The maximum absolute atomic E-state index is 13.4. The van der Waals surface area contributed by atoms with E-state index >= 15 is 0 Å². The van der Waals surface area contributed by atoms with Crippen LogP contribution in [0.4, 0.5) is 19.1 Å². The van der Waals surface area contributed by atoms with E-state index in [1.54, 1.807) is 43.5 Å². The van der Waals surface area contributed by atoms with Gasteiger partial charge in [0, 0.05) is 17.7 Å². The average Bonchev–Trinajstić information content (AvgIpc) is 3.27. The van der Waals surface area contributed by atoms with Crippen molar-refractivity contribution in [2.24, 2.45) is 0 Å². The van der Waals surface area contributed by atoms with Crippen LogP contribution in [-0.4, -0.2) is 34.8 Å². The van der Waals surface area contributed by atoms with Crippen molar-refractivity contribution < 1.29 is 27.4 Å². The van der Waals surface area contributed by atoms with Crippen molar-refractivity contribution in [1.82, 2.24) is 14.8 Å². The van der Waals surface area contributed by atoms with Gasteiger partial charge >= 0.3 is 6.18 Å². The molecule has 176 valence electrons. The number of nitrogens with zero attached hydrogens (tertiary/aromatic N) is 3. The van der Waals surface area contributed by atoms with Crippen LogP contribution < -0.4 is 14.8 Å². The molecule has 0 bridgehead atoms. The van der Waals surface area contributed by atoms with E-state index in [9.17, 15) is 18.0 Å². The minimum absolute atomic E-state index is 0.0410. The zero-order chi connectivity index (χ0) is 24.0. The maximum atomic E-state index is 13.4. The molecule has 0 fully saturated rings. The smallest absolute Gasteiger partial charge is 0.453 e. The molecule has 2 atom stereocenters. The number of carbonyl (C=O) groups excluding carboxylic acids is 1. The molecule has 0 saturated heterocycles. The van der Waals surface area contributed by atoms with Crippen LogP contribution in [0.15, 0.2) is 59.8 Å². The Balaban J connectivity index is 1.58. The molecule has 0 radical (unpaired) electrons. The highest BCUT2D eigenvalue weighted by Gasteiger charge is 2.43. The third kappa shape index (κ3) is 3.68. The minimum Gasteiger partial charge on any atom is -0.493 e. The van der Waals surface area contributed by atoms with Crippen molar-refractivity contribution in [3.63, 3.8) is 0 Å². The number of halogens is 3. The van der Waals surface area contributed by atoms with Crippen LogP contribution in [-0.2, 0) is 11.0 Å². The second-order valence-corrected chi connectivity index (χ2v) is 8.17. The number of alkyl halides is 3. The number of methoxy groups -OCH3 is 2. The number of carbonyl (C=O) groups is 1. The van der Waals surface area contributed by atoms with Crippen LogP contribution in [0.5, 0.6) is 11.5 Å². The van der Waals surface area contributed by atoms with Gasteiger partial charge in [-0.1, -0.05) is 36.4 Å². The SMILES string of the molecule is COc1ccc([C@@H]2CC(=O)C3=C(C2)Nc2nc(C(F)(F)F)nn2[C@H]3c2ccccc2)cc1OC. The summed E-state index contributed by atoms with van der Waals surface area (Å²) in [6, 6.07) is 13.6. The minimum atomic E-state index is -4.71. The van der Waals surface area contributed by atoms with Gasteiger partial charge < -0.3 is 14.8 Å². The van der Waals surface area contributed by atoms with E-state index in [4.69, 9.17) is 9.47 Å². The molecule has 5 rings (SSSR count). The van der Waals surface area contributed by atoms with Gasteiger partial charge in [0.1, 0.15) is 6.04 Å². The summed E-state index contributed by atoms with van der Waals surface area (Å²) < 4.78 is 52.0. The molecule has 0 saturated carbocycles. The number of nitrogens with one attached hydrogen (secondary N) is 1. The first kappa shape index (κ1) is 22.0. The maximum Gasteiger partial charge on any atom is 0.453 e. The number of benzene rings is 2. The van der Waals surface area contributed by atoms with E-state index in [2.05, 4.69) is 15.4 Å². The molecule has 7 nitrogen and oxygen atoms in total. The number of ketones is 1. The first-order valence-electron chi connectivity index (χ1n) is 10.6. The predicted molar refractivity (Wildman–Crippen MR) is 117 cm³/mol. The quantitative estimate of drug-likeness (QED) is 0.594. The Bertz CT molecular complexity index is 1280. The van der Waals surface area contributed by atoms with Crippen LogP contribution in [0.3, 0.4) is 0 Å². The topological polar surface area (TPSA) is 78.3 Å². The first-order valence-corrected chi connectivity index (χ1v) is 10.6. The Morgan fingerprint density at radius 1 is 1.00 bits per heavy atom. The van der Waals surface area contributed by atoms with Crippen molar-refractivity contribution in [2.75, 3.05) is 19.5 Å². The Morgan fingerprint density at radius 2 is 1.74 bits per heavy atom. The lowest BCUT2D eigenvalue weighted by atomic mass is 9.78. The summed E-state index contributed by atoms with van der Waals surface area (Å²) in [6.07, 6.45) is -4.08. The molecular weight excluding hydrogens is 449 g/mol. The van der Waals surface area contributed by atoms with Crippen LogP contribution >= 0.6 is 0 Å². The zero-order valence-electron chi connectivity index (χ0n) is 18.4. The summed E-state index contributed by atoms with van der Waals surface area (Å²) in [5, 5.41) is 6.69. The molecule has 2 aliphatic rings. The van der Waals surface area contributed by atoms with Gasteiger partial charge in [0.25, 0.3) is 5.82 Å². The van der Waals surface area contributed by atoms with Gasteiger partial charge in [-0.2, -0.15) is 18.2 Å². The Labute approximate surface area is 193 Å². The molecule has 10 heteroatoms. The fourth-order valence-electron chi connectivity index (χ4n) is 4.62. The van der Waals surface area contributed by atoms with Gasteiger partial charge in [-0.3, -0.25) is 4.79 Å². The van der Waals surface area contributed by atoms with Gasteiger partial charge in [0.2, 0.25) is 5.95 Å². The molecule has 3 aromatic rings. The van der Waals surface area contributed by atoms with E-state index in [-0.39, 0.29) is 24.1 Å². The molecule has 1 N–H and O–H groups in total. The second kappa shape index (κ2) is 8.19. The number of fused-ring (bicyclic) bond motifs is 1. The molecule has 0 amide bonds. The molecule has 1 aliphatic heterocycles. The highest BCUT2D eigenvalue weighted by atomic mass is 19.4. The summed E-state index contributed by atoms with van der Waals surface area (Å²) in [5.41, 5.74) is 2.50. The third-order valence-electron chi connectivity index (χ3n) is 6.17.